The Bertz CT molecular complexity index is 526. The van der Waals surface area contributed by atoms with Crippen molar-refractivity contribution in [1.82, 2.24) is 0 Å². The van der Waals surface area contributed by atoms with E-state index in [0.717, 1.165) is 24.4 Å². The fraction of sp³-hybridized carbons (Fsp3) is 0.154. The van der Waals surface area contributed by atoms with Crippen molar-refractivity contribution in [3.63, 3.8) is 0 Å². The third-order valence-corrected chi connectivity index (χ3v) is 2.45. The van der Waals surface area contributed by atoms with Gasteiger partial charge in [-0.15, -0.1) is 0 Å². The normalized spacial score (nSPS) is 9.82. The van der Waals surface area contributed by atoms with Crippen LogP contribution in [0.3, 0.4) is 0 Å². The second-order valence-electron chi connectivity index (χ2n) is 3.67. The maximum atomic E-state index is 8.72. The van der Waals surface area contributed by atoms with Gasteiger partial charge in [0.2, 0.25) is 0 Å². The smallest absolute Gasteiger partial charge is 0.105 e. The van der Waals surface area contributed by atoms with E-state index in [4.69, 9.17) is 15.4 Å². The molecule has 4 heteroatoms. The van der Waals surface area contributed by atoms with Gasteiger partial charge >= 0.3 is 0 Å². The van der Waals surface area contributed by atoms with Gasteiger partial charge in [-0.2, -0.15) is 5.26 Å². The molecule has 0 unspecified atom stereocenters. The Hall–Kier alpha value is -2.41. The predicted molar refractivity (Wildman–Crippen MR) is 66.5 cm³/mol. The Morgan fingerprint density at radius 3 is 2.88 bits per heavy atom. The zero-order valence-electron chi connectivity index (χ0n) is 9.31. The van der Waals surface area contributed by atoms with Gasteiger partial charge in [0.15, 0.2) is 0 Å². The lowest BCUT2D eigenvalue weighted by Gasteiger charge is -2.08. The maximum absolute atomic E-state index is 8.72. The van der Waals surface area contributed by atoms with E-state index in [9.17, 15) is 0 Å². The molecule has 3 N–H and O–H groups in total. The van der Waals surface area contributed by atoms with Crippen molar-refractivity contribution in [2.45, 2.75) is 6.42 Å². The molecular weight excluding hydrogens is 214 g/mol. The molecule has 0 spiro atoms. The van der Waals surface area contributed by atoms with E-state index >= 15 is 0 Å². The minimum atomic E-state index is 0.569. The number of nitrogens with two attached hydrogens (primary N) is 1. The average molecular weight is 227 g/mol. The lowest BCUT2D eigenvalue weighted by atomic mass is 10.2. The molecule has 0 atom stereocenters. The number of anilines is 2. The molecule has 0 bridgehead atoms. The van der Waals surface area contributed by atoms with Gasteiger partial charge in [0.25, 0.3) is 0 Å². The molecule has 0 aliphatic carbocycles. The maximum Gasteiger partial charge on any atom is 0.105 e. The van der Waals surface area contributed by atoms with Crippen LogP contribution in [0, 0.1) is 11.3 Å². The number of hydrogen-bond acceptors (Lipinski definition) is 4. The van der Waals surface area contributed by atoms with Crippen LogP contribution in [0.1, 0.15) is 11.3 Å². The van der Waals surface area contributed by atoms with Crippen molar-refractivity contribution in [1.29, 1.82) is 5.26 Å². The molecule has 0 aliphatic rings. The van der Waals surface area contributed by atoms with Crippen molar-refractivity contribution >= 4 is 11.4 Å². The Balaban J connectivity index is 1.93. The van der Waals surface area contributed by atoms with Crippen LogP contribution < -0.4 is 11.1 Å². The fourth-order valence-corrected chi connectivity index (χ4v) is 1.57. The molecule has 2 aromatic rings. The summed E-state index contributed by atoms with van der Waals surface area (Å²) >= 11 is 0. The van der Waals surface area contributed by atoms with Crippen LogP contribution in [0.15, 0.2) is 41.0 Å². The Morgan fingerprint density at radius 2 is 2.24 bits per heavy atom. The van der Waals surface area contributed by atoms with Crippen molar-refractivity contribution in [2.24, 2.45) is 0 Å². The van der Waals surface area contributed by atoms with Crippen molar-refractivity contribution in [3.8, 4) is 6.07 Å². The summed E-state index contributed by atoms with van der Waals surface area (Å²) in [5, 5.41) is 11.9. The van der Waals surface area contributed by atoms with E-state index in [2.05, 4.69) is 11.4 Å². The van der Waals surface area contributed by atoms with Gasteiger partial charge in [-0.05, 0) is 30.3 Å². The lowest BCUT2D eigenvalue weighted by Crippen LogP contribution is -2.06. The number of hydrogen-bond donors (Lipinski definition) is 2. The van der Waals surface area contributed by atoms with Crippen molar-refractivity contribution < 1.29 is 4.42 Å². The number of rotatable bonds is 4. The largest absolute Gasteiger partial charge is 0.469 e. The summed E-state index contributed by atoms with van der Waals surface area (Å²) in [6.45, 7) is 0.740. The molecule has 0 fully saturated rings. The van der Waals surface area contributed by atoms with E-state index in [-0.39, 0.29) is 0 Å². The molecule has 0 saturated carbocycles. The quantitative estimate of drug-likeness (QED) is 0.786. The molecule has 1 aromatic carbocycles. The third-order valence-electron chi connectivity index (χ3n) is 2.45. The highest BCUT2D eigenvalue weighted by molar-refractivity contribution is 5.68. The zero-order valence-corrected chi connectivity index (χ0v) is 9.31. The van der Waals surface area contributed by atoms with Crippen molar-refractivity contribution in [2.75, 3.05) is 17.6 Å². The van der Waals surface area contributed by atoms with Gasteiger partial charge in [-0.3, -0.25) is 0 Å². The van der Waals surface area contributed by atoms with Crippen LogP contribution in [-0.2, 0) is 6.42 Å². The van der Waals surface area contributed by atoms with Gasteiger partial charge in [0.1, 0.15) is 5.76 Å². The highest BCUT2D eigenvalue weighted by Gasteiger charge is 2.01. The first-order chi connectivity index (χ1) is 8.29. The molecular formula is C13H13N3O. The summed E-state index contributed by atoms with van der Waals surface area (Å²) in [6.07, 6.45) is 2.46. The summed E-state index contributed by atoms with van der Waals surface area (Å²) in [6, 6.07) is 11.1. The van der Waals surface area contributed by atoms with Gasteiger partial charge in [-0.25, -0.2) is 0 Å². The summed E-state index contributed by atoms with van der Waals surface area (Å²) in [4.78, 5) is 0. The van der Waals surface area contributed by atoms with Gasteiger partial charge in [-0.1, -0.05) is 0 Å². The van der Waals surface area contributed by atoms with Crippen LogP contribution in [0.25, 0.3) is 0 Å². The minimum Gasteiger partial charge on any atom is -0.469 e. The standard InChI is InChI=1S/C13H13N3O/c14-9-10-3-4-13(12(15)8-10)16-6-5-11-2-1-7-17-11/h1-4,7-8,16H,5-6,15H2. The fourth-order valence-electron chi connectivity index (χ4n) is 1.57. The summed E-state index contributed by atoms with van der Waals surface area (Å²) in [5.74, 6) is 0.935. The number of nitrogens with one attached hydrogen (secondary N) is 1. The second-order valence-corrected chi connectivity index (χ2v) is 3.67. The monoisotopic (exact) mass is 227 g/mol. The van der Waals surface area contributed by atoms with E-state index in [1.165, 1.54) is 0 Å². The number of nitrogens with zero attached hydrogens (tertiary/aromatic N) is 1. The Kier molecular flexibility index (Phi) is 3.31. The van der Waals surface area contributed by atoms with Gasteiger partial charge < -0.3 is 15.5 Å². The first kappa shape index (κ1) is 11.1. The predicted octanol–water partition coefficient (Wildman–Crippen LogP) is 2.39. The first-order valence-electron chi connectivity index (χ1n) is 5.35. The molecule has 0 amide bonds. The van der Waals surface area contributed by atoms with Gasteiger partial charge in [0.05, 0.1) is 29.3 Å². The summed E-state index contributed by atoms with van der Waals surface area (Å²) in [7, 11) is 0. The van der Waals surface area contributed by atoms with E-state index in [1.54, 1.807) is 18.4 Å². The van der Waals surface area contributed by atoms with Crippen LogP contribution in [-0.4, -0.2) is 6.54 Å². The minimum absolute atomic E-state index is 0.569. The first-order valence-corrected chi connectivity index (χ1v) is 5.35. The molecule has 1 aromatic heterocycles. The number of furan rings is 1. The highest BCUT2D eigenvalue weighted by atomic mass is 16.3. The Labute approximate surface area is 99.7 Å². The van der Waals surface area contributed by atoms with Crippen LogP contribution in [0.5, 0.6) is 0 Å². The van der Waals surface area contributed by atoms with Crippen LogP contribution in [0.4, 0.5) is 11.4 Å². The lowest BCUT2D eigenvalue weighted by molar-refractivity contribution is 0.513. The average Bonchev–Trinajstić information content (AvgIpc) is 2.84. The topological polar surface area (TPSA) is 75.0 Å². The van der Waals surface area contributed by atoms with Crippen LogP contribution in [0.2, 0.25) is 0 Å². The molecule has 4 nitrogen and oxygen atoms in total. The summed E-state index contributed by atoms with van der Waals surface area (Å²) < 4.78 is 5.22. The van der Waals surface area contributed by atoms with E-state index in [1.807, 2.05) is 18.2 Å². The molecule has 1 heterocycles. The number of nitriles is 1. The zero-order chi connectivity index (χ0) is 12.1. The van der Waals surface area contributed by atoms with Gasteiger partial charge in [0, 0.05) is 13.0 Å². The molecule has 17 heavy (non-hydrogen) atoms. The van der Waals surface area contributed by atoms with E-state index < -0.39 is 0 Å². The number of benzene rings is 1. The third kappa shape index (κ3) is 2.79. The summed E-state index contributed by atoms with van der Waals surface area (Å²) in [5.41, 5.74) is 7.82. The number of nitrogen functional groups attached to an aromatic ring is 1. The molecule has 0 radical (unpaired) electrons. The molecule has 0 aliphatic heterocycles. The highest BCUT2D eigenvalue weighted by Crippen LogP contribution is 2.19. The Morgan fingerprint density at radius 1 is 1.35 bits per heavy atom. The molecule has 0 saturated heterocycles. The molecule has 86 valence electrons. The van der Waals surface area contributed by atoms with Crippen LogP contribution >= 0.6 is 0 Å². The van der Waals surface area contributed by atoms with Crippen molar-refractivity contribution in [3.05, 3.63) is 47.9 Å². The molecule has 2 rings (SSSR count). The SMILES string of the molecule is N#Cc1ccc(NCCc2ccco2)c(N)c1. The van der Waals surface area contributed by atoms with E-state index in [0.29, 0.717) is 11.3 Å². The second kappa shape index (κ2) is 5.08.